The predicted molar refractivity (Wildman–Crippen MR) is 78.3 cm³/mol. The number of likely N-dealkylation sites (N-methyl/N-ethyl adjacent to an activating group) is 1. The van der Waals surface area contributed by atoms with Gasteiger partial charge in [0.05, 0.1) is 13.2 Å². The first-order valence-electron chi connectivity index (χ1n) is 7.21. The Labute approximate surface area is 117 Å². The third-order valence-corrected chi connectivity index (χ3v) is 3.25. The molecule has 0 aliphatic rings. The van der Waals surface area contributed by atoms with Gasteiger partial charge in [-0.25, -0.2) is 0 Å². The Morgan fingerprint density at radius 1 is 1.37 bits per heavy atom. The monoisotopic (exact) mass is 268 g/mol. The highest BCUT2D eigenvalue weighted by Gasteiger charge is 2.10. The maximum Gasteiger partial charge on any atom is 0.118 e. The van der Waals surface area contributed by atoms with Gasteiger partial charge in [0.2, 0.25) is 0 Å². The number of rotatable bonds is 10. The van der Waals surface area contributed by atoms with Gasteiger partial charge in [-0.1, -0.05) is 13.8 Å². The Morgan fingerprint density at radius 3 is 2.79 bits per heavy atom. The number of nitrogens with one attached hydrogen (secondary N) is 1. The molecule has 4 heteroatoms. The van der Waals surface area contributed by atoms with Gasteiger partial charge in [-0.15, -0.1) is 0 Å². The molecule has 1 aromatic heterocycles. The van der Waals surface area contributed by atoms with Crippen molar-refractivity contribution in [2.45, 2.75) is 40.3 Å². The lowest BCUT2D eigenvalue weighted by Gasteiger charge is -2.19. The second kappa shape index (κ2) is 9.13. The summed E-state index contributed by atoms with van der Waals surface area (Å²) >= 11 is 0. The molecule has 0 amide bonds. The van der Waals surface area contributed by atoms with Crippen LogP contribution in [-0.4, -0.2) is 38.3 Å². The molecule has 1 N–H and O–H groups in total. The maximum absolute atomic E-state index is 5.79. The number of methoxy groups -OCH3 is 1. The lowest BCUT2D eigenvalue weighted by atomic mass is 10.2. The number of hydrogen-bond acceptors (Lipinski definition) is 4. The summed E-state index contributed by atoms with van der Waals surface area (Å²) in [5.41, 5.74) is 1.28. The molecule has 1 heterocycles. The summed E-state index contributed by atoms with van der Waals surface area (Å²) in [5, 5.41) is 3.37. The number of nitrogens with zero attached hydrogens (tertiary/aromatic N) is 1. The zero-order valence-corrected chi connectivity index (χ0v) is 12.8. The molecule has 0 radical (unpaired) electrons. The van der Waals surface area contributed by atoms with Crippen LogP contribution in [0, 0.1) is 6.92 Å². The molecular weight excluding hydrogens is 240 g/mol. The van der Waals surface area contributed by atoms with Gasteiger partial charge in [-0.2, -0.15) is 0 Å². The lowest BCUT2D eigenvalue weighted by molar-refractivity contribution is 0.147. The Hall–Kier alpha value is -0.840. The maximum atomic E-state index is 5.79. The molecular formula is C15H28N2O2. The van der Waals surface area contributed by atoms with Gasteiger partial charge in [-0.05, 0) is 32.5 Å². The van der Waals surface area contributed by atoms with Crippen LogP contribution >= 0.6 is 0 Å². The van der Waals surface area contributed by atoms with Crippen molar-refractivity contribution in [3.8, 4) is 0 Å². The highest BCUT2D eigenvalue weighted by Crippen LogP contribution is 2.16. The van der Waals surface area contributed by atoms with Crippen molar-refractivity contribution in [2.75, 3.05) is 33.4 Å². The third kappa shape index (κ3) is 5.76. The van der Waals surface area contributed by atoms with Crippen molar-refractivity contribution in [1.82, 2.24) is 10.2 Å². The van der Waals surface area contributed by atoms with E-state index in [9.17, 15) is 0 Å². The first-order valence-corrected chi connectivity index (χ1v) is 7.21. The fourth-order valence-electron chi connectivity index (χ4n) is 2.03. The number of aryl methyl sites for hydroxylation is 1. The second-order valence-corrected chi connectivity index (χ2v) is 4.83. The summed E-state index contributed by atoms with van der Waals surface area (Å²) in [7, 11) is 1.74. The molecule has 0 unspecified atom stereocenters. The Morgan fingerprint density at radius 2 is 2.16 bits per heavy atom. The standard InChI is InChI=1S/C15H28N2O2/c1-5-7-16-11-15-10-14(13(3)19-15)12-17(6-2)8-9-18-4/h10,16H,5-9,11-12H2,1-4H3. The van der Waals surface area contributed by atoms with E-state index in [1.165, 1.54) is 5.56 Å². The molecule has 19 heavy (non-hydrogen) atoms. The molecule has 0 saturated heterocycles. The van der Waals surface area contributed by atoms with Crippen molar-refractivity contribution in [3.05, 3.63) is 23.2 Å². The van der Waals surface area contributed by atoms with E-state index >= 15 is 0 Å². The third-order valence-electron chi connectivity index (χ3n) is 3.25. The van der Waals surface area contributed by atoms with E-state index in [1.807, 2.05) is 6.92 Å². The highest BCUT2D eigenvalue weighted by atomic mass is 16.5. The van der Waals surface area contributed by atoms with Gasteiger partial charge in [0.15, 0.2) is 0 Å². The van der Waals surface area contributed by atoms with Crippen LogP contribution in [0.3, 0.4) is 0 Å². The van der Waals surface area contributed by atoms with E-state index in [1.54, 1.807) is 7.11 Å². The molecule has 1 rings (SSSR count). The highest BCUT2D eigenvalue weighted by molar-refractivity contribution is 5.20. The average molecular weight is 268 g/mol. The number of hydrogen-bond donors (Lipinski definition) is 1. The summed E-state index contributed by atoms with van der Waals surface area (Å²) in [6, 6.07) is 2.17. The van der Waals surface area contributed by atoms with Crippen LogP contribution in [0.4, 0.5) is 0 Å². The van der Waals surface area contributed by atoms with Crippen molar-refractivity contribution in [2.24, 2.45) is 0 Å². The number of ether oxygens (including phenoxy) is 1. The summed E-state index contributed by atoms with van der Waals surface area (Å²) in [5.74, 6) is 2.06. The summed E-state index contributed by atoms with van der Waals surface area (Å²) in [6.07, 6.45) is 1.15. The van der Waals surface area contributed by atoms with Crippen LogP contribution in [-0.2, 0) is 17.8 Å². The molecule has 0 bridgehead atoms. The van der Waals surface area contributed by atoms with Gasteiger partial charge < -0.3 is 14.5 Å². The summed E-state index contributed by atoms with van der Waals surface area (Å²) in [6.45, 7) is 11.9. The molecule has 110 valence electrons. The zero-order chi connectivity index (χ0) is 14.1. The van der Waals surface area contributed by atoms with E-state index < -0.39 is 0 Å². The molecule has 1 aromatic rings. The summed E-state index contributed by atoms with van der Waals surface area (Å²) < 4.78 is 10.9. The molecule has 0 aromatic carbocycles. The van der Waals surface area contributed by atoms with E-state index in [0.29, 0.717) is 0 Å². The fourth-order valence-corrected chi connectivity index (χ4v) is 2.03. The molecule has 0 spiro atoms. The molecule has 0 aliphatic heterocycles. The second-order valence-electron chi connectivity index (χ2n) is 4.83. The van der Waals surface area contributed by atoms with Crippen LogP contribution in [0.15, 0.2) is 10.5 Å². The van der Waals surface area contributed by atoms with Crippen LogP contribution in [0.1, 0.15) is 37.4 Å². The SMILES string of the molecule is CCCNCc1cc(CN(CC)CCOC)c(C)o1. The van der Waals surface area contributed by atoms with E-state index in [-0.39, 0.29) is 0 Å². The number of furan rings is 1. The van der Waals surface area contributed by atoms with Gasteiger partial charge in [0, 0.05) is 25.8 Å². The van der Waals surface area contributed by atoms with E-state index in [2.05, 4.69) is 30.1 Å². The molecule has 0 saturated carbocycles. The quantitative estimate of drug-likeness (QED) is 0.662. The smallest absolute Gasteiger partial charge is 0.118 e. The topological polar surface area (TPSA) is 37.6 Å². The molecule has 0 fully saturated rings. The molecule has 0 aliphatic carbocycles. The van der Waals surface area contributed by atoms with Gasteiger partial charge in [0.1, 0.15) is 11.5 Å². The Balaban J connectivity index is 2.52. The average Bonchev–Trinajstić information content (AvgIpc) is 2.75. The Bertz CT molecular complexity index is 350. The predicted octanol–water partition coefficient (Wildman–Crippen LogP) is 2.56. The lowest BCUT2D eigenvalue weighted by Crippen LogP contribution is -2.26. The van der Waals surface area contributed by atoms with Gasteiger partial charge in [-0.3, -0.25) is 4.90 Å². The minimum Gasteiger partial charge on any atom is -0.465 e. The fraction of sp³-hybridized carbons (Fsp3) is 0.733. The normalized spacial score (nSPS) is 11.4. The molecule has 0 atom stereocenters. The largest absolute Gasteiger partial charge is 0.465 e. The van der Waals surface area contributed by atoms with Crippen molar-refractivity contribution in [1.29, 1.82) is 0 Å². The van der Waals surface area contributed by atoms with Crippen LogP contribution in [0.25, 0.3) is 0 Å². The van der Waals surface area contributed by atoms with E-state index in [0.717, 1.165) is 57.3 Å². The van der Waals surface area contributed by atoms with Crippen LogP contribution in [0.2, 0.25) is 0 Å². The molecule has 4 nitrogen and oxygen atoms in total. The van der Waals surface area contributed by atoms with Crippen molar-refractivity contribution < 1.29 is 9.15 Å². The summed E-state index contributed by atoms with van der Waals surface area (Å²) in [4.78, 5) is 2.37. The van der Waals surface area contributed by atoms with Crippen LogP contribution < -0.4 is 5.32 Å². The zero-order valence-electron chi connectivity index (χ0n) is 12.8. The first-order chi connectivity index (χ1) is 9.21. The van der Waals surface area contributed by atoms with E-state index in [4.69, 9.17) is 9.15 Å². The van der Waals surface area contributed by atoms with Crippen molar-refractivity contribution in [3.63, 3.8) is 0 Å². The van der Waals surface area contributed by atoms with Crippen molar-refractivity contribution >= 4 is 0 Å². The van der Waals surface area contributed by atoms with Gasteiger partial charge >= 0.3 is 0 Å². The minimum absolute atomic E-state index is 0.773. The Kier molecular flexibility index (Phi) is 7.79. The van der Waals surface area contributed by atoms with Crippen LogP contribution in [0.5, 0.6) is 0 Å². The minimum atomic E-state index is 0.773. The first kappa shape index (κ1) is 16.2. The van der Waals surface area contributed by atoms with Gasteiger partial charge in [0.25, 0.3) is 0 Å².